The van der Waals surface area contributed by atoms with E-state index < -0.39 is 34.7 Å². The van der Waals surface area contributed by atoms with Gasteiger partial charge in [0.1, 0.15) is 12.6 Å². The second kappa shape index (κ2) is 10.1. The third-order valence-electron chi connectivity index (χ3n) is 3.52. The first-order valence-electron chi connectivity index (χ1n) is 7.77. The third-order valence-corrected chi connectivity index (χ3v) is 3.52. The monoisotopic (exact) mass is 367 g/mol. The summed E-state index contributed by atoms with van der Waals surface area (Å²) in [5, 5.41) is 13.2. The van der Waals surface area contributed by atoms with Gasteiger partial charge in [0, 0.05) is 25.2 Å². The minimum atomic E-state index is -1.22. The summed E-state index contributed by atoms with van der Waals surface area (Å²) in [7, 11) is 1.31. The van der Waals surface area contributed by atoms with E-state index in [1.807, 2.05) is 0 Å². The molecular formula is C16H21N3O7. The van der Waals surface area contributed by atoms with Gasteiger partial charge in [-0.3, -0.25) is 24.5 Å². The lowest BCUT2D eigenvalue weighted by Gasteiger charge is -2.25. The maximum atomic E-state index is 11.9. The number of nitro benzene ring substituents is 1. The van der Waals surface area contributed by atoms with Crippen molar-refractivity contribution < 1.29 is 28.8 Å². The van der Waals surface area contributed by atoms with Crippen molar-refractivity contribution >= 4 is 23.5 Å². The van der Waals surface area contributed by atoms with Crippen molar-refractivity contribution in [1.29, 1.82) is 0 Å². The molecule has 0 unspecified atom stereocenters. The number of carbonyl (C=O) groups excluding carboxylic acids is 3. The second-order valence-corrected chi connectivity index (χ2v) is 5.34. The first kappa shape index (κ1) is 21.0. The van der Waals surface area contributed by atoms with Crippen LogP contribution in [0, 0.1) is 10.1 Å². The van der Waals surface area contributed by atoms with Crippen LogP contribution in [0.4, 0.5) is 5.69 Å². The van der Waals surface area contributed by atoms with Gasteiger partial charge < -0.3 is 20.5 Å². The Hall–Kier alpha value is -3.01. The van der Waals surface area contributed by atoms with Gasteiger partial charge >= 0.3 is 5.97 Å². The smallest absolute Gasteiger partial charge is 0.306 e. The molecule has 10 heteroatoms. The average Bonchev–Trinajstić information content (AvgIpc) is 2.58. The van der Waals surface area contributed by atoms with Crippen LogP contribution >= 0.6 is 0 Å². The Morgan fingerprint density at radius 2 is 1.88 bits per heavy atom. The van der Waals surface area contributed by atoms with Crippen molar-refractivity contribution in [2.45, 2.75) is 25.3 Å². The fraction of sp³-hybridized carbons (Fsp3) is 0.438. The average molecular weight is 367 g/mol. The second-order valence-electron chi connectivity index (χ2n) is 5.34. The molecule has 3 N–H and O–H groups in total. The van der Waals surface area contributed by atoms with Gasteiger partial charge in [-0.1, -0.05) is 12.1 Å². The number of benzene rings is 1. The Labute approximate surface area is 149 Å². The number of esters is 1. The molecule has 0 heterocycles. The lowest BCUT2D eigenvalue weighted by molar-refractivity contribution is -0.384. The van der Waals surface area contributed by atoms with Crippen molar-refractivity contribution in [1.82, 2.24) is 5.32 Å². The molecule has 2 atom stereocenters. The highest BCUT2D eigenvalue weighted by atomic mass is 16.6. The van der Waals surface area contributed by atoms with E-state index in [1.165, 1.54) is 31.4 Å². The lowest BCUT2D eigenvalue weighted by Crippen LogP contribution is -2.49. The van der Waals surface area contributed by atoms with Crippen LogP contribution < -0.4 is 11.1 Å². The van der Waals surface area contributed by atoms with Crippen LogP contribution in [0.15, 0.2) is 24.3 Å². The number of rotatable bonds is 10. The van der Waals surface area contributed by atoms with Gasteiger partial charge in [-0.05, 0) is 12.5 Å². The molecule has 0 aliphatic heterocycles. The Bertz CT molecular complexity index is 660. The van der Waals surface area contributed by atoms with Crippen molar-refractivity contribution in [2.75, 3.05) is 20.3 Å². The third kappa shape index (κ3) is 6.13. The molecule has 1 aromatic carbocycles. The van der Waals surface area contributed by atoms with Gasteiger partial charge in [0.05, 0.1) is 18.0 Å². The van der Waals surface area contributed by atoms with E-state index in [-0.39, 0.29) is 25.3 Å². The van der Waals surface area contributed by atoms with Crippen molar-refractivity contribution in [3.8, 4) is 0 Å². The van der Waals surface area contributed by atoms with Crippen LogP contribution in [0.2, 0.25) is 0 Å². The number of primary amides is 1. The van der Waals surface area contributed by atoms with E-state index >= 15 is 0 Å². The maximum absolute atomic E-state index is 11.9. The number of nitrogens with one attached hydrogen (secondary N) is 1. The summed E-state index contributed by atoms with van der Waals surface area (Å²) in [6, 6.07) is 4.06. The van der Waals surface area contributed by atoms with E-state index in [1.54, 1.807) is 6.92 Å². The zero-order chi connectivity index (χ0) is 19.7. The zero-order valence-electron chi connectivity index (χ0n) is 14.5. The number of methoxy groups -OCH3 is 1. The van der Waals surface area contributed by atoms with Crippen molar-refractivity contribution in [2.24, 2.45) is 5.73 Å². The van der Waals surface area contributed by atoms with Crippen molar-refractivity contribution in [3.63, 3.8) is 0 Å². The molecule has 0 fully saturated rings. The summed E-state index contributed by atoms with van der Waals surface area (Å²) < 4.78 is 9.60. The largest absolute Gasteiger partial charge is 0.466 e. The molecule has 142 valence electrons. The number of ether oxygens (including phenoxy) is 2. The van der Waals surface area contributed by atoms with E-state index in [9.17, 15) is 24.5 Å². The topological polar surface area (TPSA) is 151 Å². The minimum absolute atomic E-state index is 0.142. The van der Waals surface area contributed by atoms with E-state index in [0.29, 0.717) is 5.56 Å². The minimum Gasteiger partial charge on any atom is -0.466 e. The molecular weight excluding hydrogens is 346 g/mol. The van der Waals surface area contributed by atoms with Gasteiger partial charge in [-0.2, -0.15) is 0 Å². The van der Waals surface area contributed by atoms with Crippen molar-refractivity contribution in [3.05, 3.63) is 39.9 Å². The number of nitro groups is 1. The standard InChI is InChI=1S/C16H21N3O7/c1-3-26-14(21)8-12(10-4-6-11(7-5-10)19(23)24)15(16(17)22)18-13(20)9-25-2/h4-7,12,15H,3,8-9H2,1-2H3,(H2,17,22)(H,18,20)/t12-,15-/m0/s1. The Morgan fingerprint density at radius 1 is 1.27 bits per heavy atom. The molecule has 0 aromatic heterocycles. The summed E-state index contributed by atoms with van der Waals surface area (Å²) in [5.74, 6) is -2.90. The summed E-state index contributed by atoms with van der Waals surface area (Å²) in [4.78, 5) is 45.8. The van der Waals surface area contributed by atoms with Crippen LogP contribution in [-0.2, 0) is 23.9 Å². The van der Waals surface area contributed by atoms with Crippen LogP contribution in [0.3, 0.4) is 0 Å². The SMILES string of the molecule is CCOC(=O)C[C@@H](c1ccc([N+](=O)[O-])cc1)[C@H](NC(=O)COC)C(N)=O. The number of hydrogen-bond donors (Lipinski definition) is 2. The number of amides is 2. The molecule has 1 rings (SSSR count). The quantitative estimate of drug-likeness (QED) is 0.341. The van der Waals surface area contributed by atoms with E-state index in [2.05, 4.69) is 5.32 Å². The zero-order valence-corrected chi connectivity index (χ0v) is 14.5. The summed E-state index contributed by atoms with van der Waals surface area (Å²) in [6.45, 7) is 1.48. The van der Waals surface area contributed by atoms with E-state index in [4.69, 9.17) is 15.2 Å². The fourth-order valence-electron chi connectivity index (χ4n) is 2.39. The molecule has 2 amide bonds. The molecule has 0 aliphatic rings. The Balaban J connectivity index is 3.18. The molecule has 0 radical (unpaired) electrons. The van der Waals surface area contributed by atoms with Gasteiger partial charge in [0.2, 0.25) is 11.8 Å². The molecule has 0 bridgehead atoms. The summed E-state index contributed by atoms with van der Waals surface area (Å²) in [6.07, 6.45) is -0.244. The predicted molar refractivity (Wildman–Crippen MR) is 90.1 cm³/mol. The Morgan fingerprint density at radius 3 is 2.35 bits per heavy atom. The molecule has 0 aliphatic carbocycles. The van der Waals surface area contributed by atoms with Crippen LogP contribution in [-0.4, -0.2) is 49.1 Å². The van der Waals surface area contributed by atoms with Crippen LogP contribution in [0.5, 0.6) is 0 Å². The fourth-order valence-corrected chi connectivity index (χ4v) is 2.39. The van der Waals surface area contributed by atoms with Gasteiger partial charge in [-0.15, -0.1) is 0 Å². The first-order valence-corrected chi connectivity index (χ1v) is 7.77. The van der Waals surface area contributed by atoms with Crippen LogP contribution in [0.25, 0.3) is 0 Å². The molecule has 10 nitrogen and oxygen atoms in total. The number of carbonyl (C=O) groups is 3. The van der Waals surface area contributed by atoms with Gasteiger partial charge in [0.25, 0.3) is 5.69 Å². The van der Waals surface area contributed by atoms with E-state index in [0.717, 1.165) is 0 Å². The highest BCUT2D eigenvalue weighted by Crippen LogP contribution is 2.26. The summed E-state index contributed by atoms with van der Waals surface area (Å²) >= 11 is 0. The molecule has 1 aromatic rings. The summed E-state index contributed by atoms with van der Waals surface area (Å²) in [5.41, 5.74) is 5.66. The molecule has 26 heavy (non-hydrogen) atoms. The maximum Gasteiger partial charge on any atom is 0.306 e. The molecule has 0 saturated carbocycles. The number of nitrogens with two attached hydrogens (primary N) is 1. The Kier molecular flexibility index (Phi) is 8.16. The highest BCUT2D eigenvalue weighted by Gasteiger charge is 2.32. The number of non-ortho nitro benzene ring substituents is 1. The van der Waals surface area contributed by atoms with Gasteiger partial charge in [-0.25, -0.2) is 0 Å². The number of nitrogens with zero attached hydrogens (tertiary/aromatic N) is 1. The highest BCUT2D eigenvalue weighted by molar-refractivity contribution is 5.88. The molecule has 0 spiro atoms. The van der Waals surface area contributed by atoms with Crippen LogP contribution in [0.1, 0.15) is 24.8 Å². The normalized spacial score (nSPS) is 12.7. The molecule has 0 saturated heterocycles. The number of hydrogen-bond acceptors (Lipinski definition) is 7. The first-order chi connectivity index (χ1) is 12.3. The van der Waals surface area contributed by atoms with Gasteiger partial charge in [0.15, 0.2) is 0 Å². The predicted octanol–water partition coefficient (Wildman–Crippen LogP) is 0.248. The lowest BCUT2D eigenvalue weighted by atomic mass is 9.87.